The monoisotopic (exact) mass is 234 g/mol. The maximum atomic E-state index is 11.6. The molecule has 0 aromatic heterocycles. The number of anilines is 1. The maximum Gasteiger partial charge on any atom is 0.340 e. The topological polar surface area (TPSA) is 81.4 Å². The summed E-state index contributed by atoms with van der Waals surface area (Å²) in [5, 5.41) is 2.73. The first-order valence-electron chi connectivity index (χ1n) is 5.48. The molecule has 5 heteroatoms. The zero-order valence-corrected chi connectivity index (χ0v) is 9.31. The third-order valence-electron chi connectivity index (χ3n) is 2.46. The molecule has 1 saturated carbocycles. The van der Waals surface area contributed by atoms with Gasteiger partial charge in [0, 0.05) is 11.7 Å². The molecule has 5 nitrogen and oxygen atoms in total. The lowest BCUT2D eigenvalue weighted by Gasteiger charge is -2.06. The molecule has 1 fully saturated rings. The average Bonchev–Trinajstić information content (AvgIpc) is 3.10. The summed E-state index contributed by atoms with van der Waals surface area (Å²) >= 11 is 0. The molecule has 1 aromatic carbocycles. The second-order valence-electron chi connectivity index (χ2n) is 4.01. The van der Waals surface area contributed by atoms with Gasteiger partial charge in [-0.3, -0.25) is 4.79 Å². The van der Waals surface area contributed by atoms with Gasteiger partial charge in [-0.05, 0) is 25.0 Å². The van der Waals surface area contributed by atoms with Crippen LogP contribution in [0.2, 0.25) is 0 Å². The summed E-state index contributed by atoms with van der Waals surface area (Å²) < 4.78 is 4.87. The second-order valence-corrected chi connectivity index (χ2v) is 4.01. The van der Waals surface area contributed by atoms with Crippen molar-refractivity contribution in [3.8, 4) is 0 Å². The van der Waals surface area contributed by atoms with Crippen molar-refractivity contribution in [3.05, 3.63) is 29.8 Å². The lowest BCUT2D eigenvalue weighted by atomic mass is 10.2. The van der Waals surface area contributed by atoms with Crippen LogP contribution >= 0.6 is 0 Å². The van der Waals surface area contributed by atoms with Crippen molar-refractivity contribution in [3.63, 3.8) is 0 Å². The number of nitrogens with two attached hydrogens (primary N) is 1. The Hall–Kier alpha value is -2.04. The lowest BCUT2D eigenvalue weighted by Crippen LogP contribution is -2.30. The van der Waals surface area contributed by atoms with E-state index in [1.807, 2.05) is 0 Å². The molecule has 0 radical (unpaired) electrons. The fourth-order valence-corrected chi connectivity index (χ4v) is 1.39. The summed E-state index contributed by atoms with van der Waals surface area (Å²) in [6.45, 7) is -0.260. The maximum absolute atomic E-state index is 11.6. The van der Waals surface area contributed by atoms with Crippen LogP contribution in [0.15, 0.2) is 24.3 Å². The summed E-state index contributed by atoms with van der Waals surface area (Å²) in [7, 11) is 0. The zero-order valence-electron chi connectivity index (χ0n) is 9.31. The van der Waals surface area contributed by atoms with Crippen LogP contribution in [0.25, 0.3) is 0 Å². The van der Waals surface area contributed by atoms with Gasteiger partial charge in [0.25, 0.3) is 5.91 Å². The van der Waals surface area contributed by atoms with Gasteiger partial charge in [0.15, 0.2) is 6.61 Å². The van der Waals surface area contributed by atoms with E-state index < -0.39 is 5.97 Å². The molecule has 0 unspecified atom stereocenters. The number of nitrogen functional groups attached to an aromatic ring is 1. The number of rotatable bonds is 4. The number of amides is 1. The predicted octanol–water partition coefficient (Wildman–Crippen LogP) is 0.704. The number of ether oxygens (including phenoxy) is 1. The Kier molecular flexibility index (Phi) is 3.27. The summed E-state index contributed by atoms with van der Waals surface area (Å²) in [4.78, 5) is 22.9. The summed E-state index contributed by atoms with van der Waals surface area (Å²) in [6.07, 6.45) is 2.01. The second kappa shape index (κ2) is 4.86. The average molecular weight is 234 g/mol. The Morgan fingerprint density at radius 2 is 2.06 bits per heavy atom. The fourth-order valence-electron chi connectivity index (χ4n) is 1.39. The van der Waals surface area contributed by atoms with Crippen molar-refractivity contribution in [1.82, 2.24) is 5.32 Å². The fraction of sp³-hybridized carbons (Fsp3) is 0.333. The zero-order chi connectivity index (χ0) is 12.3. The normalized spacial score (nSPS) is 14.1. The summed E-state index contributed by atoms with van der Waals surface area (Å²) in [5.41, 5.74) is 6.25. The van der Waals surface area contributed by atoms with Gasteiger partial charge in [0.05, 0.1) is 5.56 Å². The van der Waals surface area contributed by atoms with Gasteiger partial charge in [-0.1, -0.05) is 12.1 Å². The van der Waals surface area contributed by atoms with E-state index in [0.29, 0.717) is 5.69 Å². The van der Waals surface area contributed by atoms with Gasteiger partial charge in [0.1, 0.15) is 0 Å². The number of para-hydroxylation sites is 1. The van der Waals surface area contributed by atoms with E-state index in [0.717, 1.165) is 12.8 Å². The molecular weight excluding hydrogens is 220 g/mol. The largest absolute Gasteiger partial charge is 0.452 e. The van der Waals surface area contributed by atoms with Gasteiger partial charge in [-0.25, -0.2) is 4.79 Å². The smallest absolute Gasteiger partial charge is 0.340 e. The summed E-state index contributed by atoms with van der Waals surface area (Å²) in [5.74, 6) is -0.843. The van der Waals surface area contributed by atoms with Crippen LogP contribution in [0.4, 0.5) is 5.69 Å². The van der Waals surface area contributed by atoms with Crippen molar-refractivity contribution >= 4 is 17.6 Å². The van der Waals surface area contributed by atoms with Crippen molar-refractivity contribution < 1.29 is 14.3 Å². The van der Waals surface area contributed by atoms with Crippen LogP contribution in [0.3, 0.4) is 0 Å². The molecule has 3 N–H and O–H groups in total. The molecule has 1 aliphatic carbocycles. The van der Waals surface area contributed by atoms with Gasteiger partial charge < -0.3 is 15.8 Å². The summed E-state index contributed by atoms with van der Waals surface area (Å²) in [6, 6.07) is 6.86. The van der Waals surface area contributed by atoms with Crippen LogP contribution in [0, 0.1) is 0 Å². The van der Waals surface area contributed by atoms with Crippen LogP contribution in [0.5, 0.6) is 0 Å². The SMILES string of the molecule is Nc1ccccc1C(=O)OCC(=O)NC1CC1. The third kappa shape index (κ3) is 3.21. The Morgan fingerprint density at radius 3 is 2.71 bits per heavy atom. The minimum Gasteiger partial charge on any atom is -0.452 e. The predicted molar refractivity (Wildman–Crippen MR) is 62.3 cm³/mol. The highest BCUT2D eigenvalue weighted by Crippen LogP contribution is 2.18. The Balaban J connectivity index is 1.84. The Morgan fingerprint density at radius 1 is 1.35 bits per heavy atom. The lowest BCUT2D eigenvalue weighted by molar-refractivity contribution is -0.124. The van der Waals surface area contributed by atoms with Crippen LogP contribution in [-0.4, -0.2) is 24.5 Å². The highest BCUT2D eigenvalue weighted by molar-refractivity contribution is 5.96. The van der Waals surface area contributed by atoms with Crippen molar-refractivity contribution in [2.24, 2.45) is 0 Å². The molecule has 1 amide bonds. The van der Waals surface area contributed by atoms with E-state index in [-0.39, 0.29) is 24.1 Å². The molecule has 90 valence electrons. The molecule has 0 bridgehead atoms. The minimum atomic E-state index is -0.575. The van der Waals surface area contributed by atoms with Crippen LogP contribution in [-0.2, 0) is 9.53 Å². The van der Waals surface area contributed by atoms with Crippen molar-refractivity contribution in [2.45, 2.75) is 18.9 Å². The highest BCUT2D eigenvalue weighted by Gasteiger charge is 2.23. The minimum absolute atomic E-state index is 0.260. The molecule has 1 aromatic rings. The first-order chi connectivity index (χ1) is 8.16. The standard InChI is InChI=1S/C12H14N2O3/c13-10-4-2-1-3-9(10)12(16)17-7-11(15)14-8-5-6-8/h1-4,8H,5-7,13H2,(H,14,15). The van der Waals surface area contributed by atoms with E-state index in [9.17, 15) is 9.59 Å². The van der Waals surface area contributed by atoms with Gasteiger partial charge >= 0.3 is 5.97 Å². The van der Waals surface area contributed by atoms with Crippen LogP contribution < -0.4 is 11.1 Å². The number of nitrogens with one attached hydrogen (secondary N) is 1. The molecule has 2 rings (SSSR count). The van der Waals surface area contributed by atoms with Gasteiger partial charge in [0.2, 0.25) is 0 Å². The van der Waals surface area contributed by atoms with Crippen molar-refractivity contribution in [1.29, 1.82) is 0 Å². The third-order valence-corrected chi connectivity index (χ3v) is 2.46. The van der Waals surface area contributed by atoms with E-state index in [1.165, 1.54) is 0 Å². The van der Waals surface area contributed by atoms with Gasteiger partial charge in [-0.15, -0.1) is 0 Å². The number of hydrogen-bond donors (Lipinski definition) is 2. The molecule has 0 heterocycles. The molecular formula is C12H14N2O3. The van der Waals surface area contributed by atoms with Crippen molar-refractivity contribution in [2.75, 3.05) is 12.3 Å². The van der Waals surface area contributed by atoms with Gasteiger partial charge in [-0.2, -0.15) is 0 Å². The first kappa shape index (κ1) is 11.4. The number of hydrogen-bond acceptors (Lipinski definition) is 4. The van der Waals surface area contributed by atoms with E-state index in [1.54, 1.807) is 24.3 Å². The number of esters is 1. The number of carbonyl (C=O) groups is 2. The Bertz CT molecular complexity index is 441. The quantitative estimate of drug-likeness (QED) is 0.593. The van der Waals surface area contributed by atoms with E-state index >= 15 is 0 Å². The first-order valence-corrected chi connectivity index (χ1v) is 5.48. The van der Waals surface area contributed by atoms with E-state index in [2.05, 4.69) is 5.32 Å². The Labute approximate surface area is 98.9 Å². The molecule has 1 aliphatic rings. The number of benzene rings is 1. The molecule has 0 aliphatic heterocycles. The van der Waals surface area contributed by atoms with E-state index in [4.69, 9.17) is 10.5 Å². The molecule has 0 atom stereocenters. The highest BCUT2D eigenvalue weighted by atomic mass is 16.5. The molecule has 0 spiro atoms. The van der Waals surface area contributed by atoms with Crippen LogP contribution in [0.1, 0.15) is 23.2 Å². The molecule has 17 heavy (non-hydrogen) atoms. The molecule has 0 saturated heterocycles. The number of carbonyl (C=O) groups excluding carboxylic acids is 2.